The Labute approximate surface area is 115 Å². The lowest BCUT2D eigenvalue weighted by Crippen LogP contribution is -2.37. The quantitative estimate of drug-likeness (QED) is 0.879. The maximum Gasteiger partial charge on any atom is 0.407 e. The van der Waals surface area contributed by atoms with Gasteiger partial charge in [-0.05, 0) is 45.9 Å². The Balaban J connectivity index is 2.59. The SMILES string of the molecule is CNC(CNC(=O)OC(C)(C)C)c1ccccc1C. The summed E-state index contributed by atoms with van der Waals surface area (Å²) in [5.74, 6) is 0. The number of likely N-dealkylation sites (N-methyl/N-ethyl adjacent to an activating group) is 1. The standard InChI is InChI=1S/C15H24N2O2/c1-11-8-6-7-9-12(11)13(16-5)10-17-14(18)19-15(2,3)4/h6-9,13,16H,10H2,1-5H3,(H,17,18). The average molecular weight is 264 g/mol. The van der Waals surface area contributed by atoms with Gasteiger partial charge in [0.2, 0.25) is 0 Å². The summed E-state index contributed by atoms with van der Waals surface area (Å²) in [5.41, 5.74) is 1.91. The van der Waals surface area contributed by atoms with Crippen LogP contribution >= 0.6 is 0 Å². The number of benzene rings is 1. The van der Waals surface area contributed by atoms with Gasteiger partial charge in [0.05, 0.1) is 0 Å². The number of carbonyl (C=O) groups excluding carboxylic acids is 1. The number of aryl methyl sites for hydroxylation is 1. The normalized spacial score (nSPS) is 12.9. The number of hydrogen-bond donors (Lipinski definition) is 2. The van der Waals surface area contributed by atoms with Gasteiger partial charge in [-0.25, -0.2) is 4.79 Å². The van der Waals surface area contributed by atoms with Crippen LogP contribution in [0.4, 0.5) is 4.79 Å². The van der Waals surface area contributed by atoms with Crippen molar-refractivity contribution in [3.8, 4) is 0 Å². The van der Waals surface area contributed by atoms with Crippen LogP contribution in [0, 0.1) is 6.92 Å². The van der Waals surface area contributed by atoms with E-state index in [9.17, 15) is 4.79 Å². The largest absolute Gasteiger partial charge is 0.444 e. The Kier molecular flexibility index (Phi) is 5.36. The number of hydrogen-bond acceptors (Lipinski definition) is 3. The summed E-state index contributed by atoms with van der Waals surface area (Å²) in [6.07, 6.45) is -0.388. The second kappa shape index (κ2) is 6.57. The van der Waals surface area contributed by atoms with Gasteiger partial charge in [0, 0.05) is 12.6 Å². The van der Waals surface area contributed by atoms with Crippen molar-refractivity contribution < 1.29 is 9.53 Å². The summed E-state index contributed by atoms with van der Waals surface area (Å²) in [7, 11) is 1.88. The zero-order valence-corrected chi connectivity index (χ0v) is 12.4. The van der Waals surface area contributed by atoms with Crippen LogP contribution in [0.5, 0.6) is 0 Å². The Morgan fingerprint density at radius 1 is 1.32 bits per heavy atom. The van der Waals surface area contributed by atoms with E-state index in [1.165, 1.54) is 11.1 Å². The highest BCUT2D eigenvalue weighted by Crippen LogP contribution is 2.16. The van der Waals surface area contributed by atoms with Gasteiger partial charge in [0.1, 0.15) is 5.60 Å². The van der Waals surface area contributed by atoms with E-state index in [4.69, 9.17) is 4.74 Å². The summed E-state index contributed by atoms with van der Waals surface area (Å²) < 4.78 is 5.22. The molecule has 0 bridgehead atoms. The molecule has 0 saturated heterocycles. The summed E-state index contributed by atoms with van der Waals surface area (Å²) in [6.45, 7) is 8.11. The first kappa shape index (κ1) is 15.5. The monoisotopic (exact) mass is 264 g/mol. The average Bonchev–Trinajstić information content (AvgIpc) is 2.29. The summed E-state index contributed by atoms with van der Waals surface area (Å²) in [6, 6.07) is 8.21. The molecular formula is C15H24N2O2. The Bertz CT molecular complexity index is 424. The topological polar surface area (TPSA) is 50.4 Å². The molecule has 1 unspecified atom stereocenters. The van der Waals surface area contributed by atoms with E-state index in [0.29, 0.717) is 6.54 Å². The molecule has 1 amide bonds. The van der Waals surface area contributed by atoms with Crippen molar-refractivity contribution in [1.82, 2.24) is 10.6 Å². The van der Waals surface area contributed by atoms with Gasteiger partial charge in [-0.3, -0.25) is 0 Å². The summed E-state index contributed by atoms with van der Waals surface area (Å²) in [5, 5.41) is 6.00. The van der Waals surface area contributed by atoms with E-state index in [1.54, 1.807) is 0 Å². The smallest absolute Gasteiger partial charge is 0.407 e. The van der Waals surface area contributed by atoms with Crippen LogP contribution in [0.3, 0.4) is 0 Å². The molecule has 0 aliphatic rings. The first-order valence-electron chi connectivity index (χ1n) is 6.53. The van der Waals surface area contributed by atoms with Gasteiger partial charge in [-0.15, -0.1) is 0 Å². The molecule has 0 radical (unpaired) electrons. The Morgan fingerprint density at radius 3 is 2.47 bits per heavy atom. The van der Waals surface area contributed by atoms with E-state index < -0.39 is 5.60 Å². The van der Waals surface area contributed by atoms with E-state index in [2.05, 4.69) is 29.7 Å². The van der Waals surface area contributed by atoms with Gasteiger partial charge in [-0.2, -0.15) is 0 Å². The van der Waals surface area contributed by atoms with Gasteiger partial charge >= 0.3 is 6.09 Å². The van der Waals surface area contributed by atoms with Gasteiger partial charge in [0.15, 0.2) is 0 Å². The fraction of sp³-hybridized carbons (Fsp3) is 0.533. The highest BCUT2D eigenvalue weighted by atomic mass is 16.6. The van der Waals surface area contributed by atoms with Gasteiger partial charge in [0.25, 0.3) is 0 Å². The number of nitrogens with one attached hydrogen (secondary N) is 2. The molecule has 0 aliphatic carbocycles. The highest BCUT2D eigenvalue weighted by molar-refractivity contribution is 5.67. The first-order chi connectivity index (χ1) is 8.83. The number of amides is 1. The van der Waals surface area contributed by atoms with Crippen LogP contribution in [-0.2, 0) is 4.74 Å². The van der Waals surface area contributed by atoms with Crippen molar-refractivity contribution in [3.63, 3.8) is 0 Å². The minimum atomic E-state index is -0.470. The van der Waals surface area contributed by atoms with Crippen molar-refractivity contribution >= 4 is 6.09 Å². The molecule has 1 aromatic carbocycles. The van der Waals surface area contributed by atoms with Crippen LogP contribution in [0.1, 0.15) is 37.9 Å². The first-order valence-corrected chi connectivity index (χ1v) is 6.53. The highest BCUT2D eigenvalue weighted by Gasteiger charge is 2.18. The van der Waals surface area contributed by atoms with Crippen molar-refractivity contribution in [1.29, 1.82) is 0 Å². The zero-order valence-electron chi connectivity index (χ0n) is 12.4. The van der Waals surface area contributed by atoms with Gasteiger partial charge < -0.3 is 15.4 Å². The van der Waals surface area contributed by atoms with Crippen molar-refractivity contribution in [2.45, 2.75) is 39.3 Å². The molecule has 2 N–H and O–H groups in total. The predicted molar refractivity (Wildman–Crippen MR) is 77.2 cm³/mol. The second-order valence-electron chi connectivity index (χ2n) is 5.58. The maximum absolute atomic E-state index is 11.6. The fourth-order valence-corrected chi connectivity index (χ4v) is 1.84. The fourth-order valence-electron chi connectivity index (χ4n) is 1.84. The van der Waals surface area contributed by atoms with Crippen molar-refractivity contribution in [2.75, 3.05) is 13.6 Å². The molecule has 0 fully saturated rings. The van der Waals surface area contributed by atoms with Crippen molar-refractivity contribution in [3.05, 3.63) is 35.4 Å². The number of carbonyl (C=O) groups is 1. The Morgan fingerprint density at radius 2 is 1.95 bits per heavy atom. The molecule has 4 heteroatoms. The minimum Gasteiger partial charge on any atom is -0.444 e. The van der Waals surface area contributed by atoms with E-state index >= 15 is 0 Å². The van der Waals surface area contributed by atoms with Gasteiger partial charge in [-0.1, -0.05) is 24.3 Å². The molecule has 0 saturated carbocycles. The van der Waals surface area contributed by atoms with Crippen LogP contribution in [0.25, 0.3) is 0 Å². The maximum atomic E-state index is 11.6. The summed E-state index contributed by atoms with van der Waals surface area (Å²) >= 11 is 0. The second-order valence-corrected chi connectivity index (χ2v) is 5.58. The molecule has 0 aliphatic heterocycles. The molecule has 0 aromatic heterocycles. The number of alkyl carbamates (subject to hydrolysis) is 1. The molecular weight excluding hydrogens is 240 g/mol. The zero-order chi connectivity index (χ0) is 14.5. The van der Waals surface area contributed by atoms with Crippen LogP contribution < -0.4 is 10.6 Å². The van der Waals surface area contributed by atoms with E-state index in [1.807, 2.05) is 40.0 Å². The lowest BCUT2D eigenvalue weighted by Gasteiger charge is -2.22. The molecule has 0 heterocycles. The third kappa shape index (κ3) is 5.30. The molecule has 1 rings (SSSR count). The van der Waals surface area contributed by atoms with Crippen molar-refractivity contribution in [2.24, 2.45) is 0 Å². The molecule has 106 valence electrons. The van der Waals surface area contributed by atoms with Crippen LogP contribution in [0.15, 0.2) is 24.3 Å². The van der Waals surface area contributed by atoms with Crippen LogP contribution in [-0.4, -0.2) is 25.3 Å². The minimum absolute atomic E-state index is 0.0775. The third-order valence-corrected chi connectivity index (χ3v) is 2.76. The molecule has 4 nitrogen and oxygen atoms in total. The Hall–Kier alpha value is -1.55. The molecule has 1 aromatic rings. The lowest BCUT2D eigenvalue weighted by atomic mass is 10.0. The number of ether oxygens (including phenoxy) is 1. The molecule has 0 spiro atoms. The van der Waals surface area contributed by atoms with E-state index in [-0.39, 0.29) is 12.1 Å². The third-order valence-electron chi connectivity index (χ3n) is 2.76. The molecule has 19 heavy (non-hydrogen) atoms. The molecule has 1 atom stereocenters. The summed E-state index contributed by atoms with van der Waals surface area (Å²) in [4.78, 5) is 11.6. The number of rotatable bonds is 4. The van der Waals surface area contributed by atoms with E-state index in [0.717, 1.165) is 0 Å². The van der Waals surface area contributed by atoms with Crippen LogP contribution in [0.2, 0.25) is 0 Å². The lowest BCUT2D eigenvalue weighted by molar-refractivity contribution is 0.0523. The predicted octanol–water partition coefficient (Wildman–Crippen LogP) is 2.78.